The van der Waals surface area contributed by atoms with Crippen molar-refractivity contribution in [2.24, 2.45) is 5.73 Å². The first-order valence-electron chi connectivity index (χ1n) is 4.84. The minimum Gasteiger partial charge on any atom is -0.381 e. The Bertz CT molecular complexity index is 415. The third kappa shape index (κ3) is 1.98. The van der Waals surface area contributed by atoms with E-state index in [2.05, 4.69) is 5.32 Å². The second-order valence-electron chi connectivity index (χ2n) is 3.68. The molecule has 1 aromatic carbocycles. The maximum absolute atomic E-state index is 11.7. The Balaban J connectivity index is 2.23. The van der Waals surface area contributed by atoms with Gasteiger partial charge in [-0.3, -0.25) is 9.59 Å². The number of hydrogen-bond acceptors (Lipinski definition) is 3. The van der Waals surface area contributed by atoms with Gasteiger partial charge in [-0.25, -0.2) is 0 Å². The number of para-hydroxylation sites is 1. The monoisotopic (exact) mass is 204 g/mol. The molecule has 4 nitrogen and oxygen atoms in total. The Morgan fingerprint density at radius 2 is 2.20 bits per heavy atom. The number of carbonyl (C=O) groups is 2. The van der Waals surface area contributed by atoms with Crippen molar-refractivity contribution in [2.75, 3.05) is 5.32 Å². The van der Waals surface area contributed by atoms with E-state index in [0.29, 0.717) is 12.0 Å². The van der Waals surface area contributed by atoms with Crippen molar-refractivity contribution in [3.63, 3.8) is 0 Å². The number of primary amides is 1. The van der Waals surface area contributed by atoms with Crippen LogP contribution in [-0.4, -0.2) is 17.7 Å². The van der Waals surface area contributed by atoms with E-state index in [1.807, 2.05) is 18.2 Å². The number of hydrogen-bond donors (Lipinski definition) is 2. The molecule has 2 rings (SSSR count). The molecule has 1 aliphatic heterocycles. The summed E-state index contributed by atoms with van der Waals surface area (Å²) >= 11 is 0. The highest BCUT2D eigenvalue weighted by Crippen LogP contribution is 2.25. The summed E-state index contributed by atoms with van der Waals surface area (Å²) < 4.78 is 0. The number of nitrogens with two attached hydrogens (primary N) is 1. The topological polar surface area (TPSA) is 72.2 Å². The highest BCUT2D eigenvalue weighted by Gasteiger charge is 2.24. The Morgan fingerprint density at radius 1 is 1.47 bits per heavy atom. The molecule has 1 aliphatic rings. The number of Topliss-reactive ketones (excluding diaryl/α,β-unsaturated/α-hetero) is 1. The molecule has 78 valence electrons. The Kier molecular flexibility index (Phi) is 2.41. The first-order chi connectivity index (χ1) is 7.16. The summed E-state index contributed by atoms with van der Waals surface area (Å²) in [5.74, 6) is -0.324. The predicted molar refractivity (Wildman–Crippen MR) is 56.6 cm³/mol. The van der Waals surface area contributed by atoms with Gasteiger partial charge in [0.15, 0.2) is 5.78 Å². The fourth-order valence-electron chi connectivity index (χ4n) is 1.82. The SMILES string of the molecule is NC(=O)C[C@H]1CC(=O)c2ccccc2N1. The van der Waals surface area contributed by atoms with Gasteiger partial charge < -0.3 is 11.1 Å². The molecule has 0 unspecified atom stereocenters. The normalized spacial score (nSPS) is 19.2. The van der Waals surface area contributed by atoms with E-state index in [0.717, 1.165) is 5.69 Å². The summed E-state index contributed by atoms with van der Waals surface area (Å²) in [5.41, 5.74) is 6.58. The lowest BCUT2D eigenvalue weighted by Gasteiger charge is -2.24. The molecule has 0 fully saturated rings. The number of rotatable bonds is 2. The molecule has 0 aromatic heterocycles. The highest BCUT2D eigenvalue weighted by molar-refractivity contribution is 6.03. The van der Waals surface area contributed by atoms with Crippen molar-refractivity contribution in [3.05, 3.63) is 29.8 Å². The molecule has 0 radical (unpaired) electrons. The Hall–Kier alpha value is -1.84. The van der Waals surface area contributed by atoms with E-state index in [1.54, 1.807) is 6.07 Å². The molecule has 1 aromatic rings. The van der Waals surface area contributed by atoms with Crippen LogP contribution in [0.1, 0.15) is 23.2 Å². The fourth-order valence-corrected chi connectivity index (χ4v) is 1.82. The molecule has 1 amide bonds. The van der Waals surface area contributed by atoms with Gasteiger partial charge in [0.25, 0.3) is 0 Å². The molecule has 0 spiro atoms. The molecule has 4 heteroatoms. The van der Waals surface area contributed by atoms with E-state index in [-0.39, 0.29) is 24.2 Å². The van der Waals surface area contributed by atoms with Crippen LogP contribution in [0.4, 0.5) is 5.69 Å². The lowest BCUT2D eigenvalue weighted by Crippen LogP contribution is -2.33. The molecule has 1 heterocycles. The predicted octanol–water partition coefficient (Wildman–Crippen LogP) is 0.929. The summed E-state index contributed by atoms with van der Waals surface area (Å²) in [5, 5.41) is 3.14. The summed E-state index contributed by atoms with van der Waals surface area (Å²) in [6.45, 7) is 0. The van der Waals surface area contributed by atoms with Crippen LogP contribution in [0.3, 0.4) is 0 Å². The van der Waals surface area contributed by atoms with E-state index in [1.165, 1.54) is 0 Å². The second kappa shape index (κ2) is 3.73. The van der Waals surface area contributed by atoms with Gasteiger partial charge in [-0.05, 0) is 12.1 Å². The summed E-state index contributed by atoms with van der Waals surface area (Å²) in [6.07, 6.45) is 0.528. The Morgan fingerprint density at radius 3 is 2.93 bits per heavy atom. The van der Waals surface area contributed by atoms with E-state index < -0.39 is 0 Å². The van der Waals surface area contributed by atoms with Crippen LogP contribution in [0.2, 0.25) is 0 Å². The van der Waals surface area contributed by atoms with Crippen LogP contribution in [0.25, 0.3) is 0 Å². The molecule has 0 aliphatic carbocycles. The quantitative estimate of drug-likeness (QED) is 0.752. The van der Waals surface area contributed by atoms with Crippen molar-refractivity contribution in [2.45, 2.75) is 18.9 Å². The number of amides is 1. The Labute approximate surface area is 87.5 Å². The minimum absolute atomic E-state index is 0.0654. The number of anilines is 1. The van der Waals surface area contributed by atoms with E-state index in [4.69, 9.17) is 5.73 Å². The van der Waals surface area contributed by atoms with Gasteiger partial charge in [0, 0.05) is 30.1 Å². The number of ketones is 1. The molecular formula is C11H12N2O2. The van der Waals surface area contributed by atoms with Crippen LogP contribution >= 0.6 is 0 Å². The number of carbonyl (C=O) groups excluding carboxylic acids is 2. The van der Waals surface area contributed by atoms with Crippen LogP contribution in [0.5, 0.6) is 0 Å². The van der Waals surface area contributed by atoms with Gasteiger partial charge in [-0.1, -0.05) is 12.1 Å². The maximum Gasteiger partial charge on any atom is 0.219 e. The first-order valence-corrected chi connectivity index (χ1v) is 4.84. The average molecular weight is 204 g/mol. The van der Waals surface area contributed by atoms with Crippen molar-refractivity contribution < 1.29 is 9.59 Å². The zero-order valence-electron chi connectivity index (χ0n) is 8.19. The average Bonchev–Trinajstić information content (AvgIpc) is 2.16. The number of nitrogens with one attached hydrogen (secondary N) is 1. The number of benzene rings is 1. The highest BCUT2D eigenvalue weighted by atomic mass is 16.1. The van der Waals surface area contributed by atoms with Crippen molar-refractivity contribution in [1.82, 2.24) is 0 Å². The third-order valence-electron chi connectivity index (χ3n) is 2.47. The van der Waals surface area contributed by atoms with E-state index >= 15 is 0 Å². The van der Waals surface area contributed by atoms with Crippen molar-refractivity contribution >= 4 is 17.4 Å². The van der Waals surface area contributed by atoms with Crippen LogP contribution < -0.4 is 11.1 Å². The van der Waals surface area contributed by atoms with Crippen LogP contribution in [0, 0.1) is 0 Å². The third-order valence-corrected chi connectivity index (χ3v) is 2.47. The van der Waals surface area contributed by atoms with E-state index in [9.17, 15) is 9.59 Å². The first kappa shape index (κ1) is 9.71. The van der Waals surface area contributed by atoms with Gasteiger partial charge >= 0.3 is 0 Å². The molecule has 15 heavy (non-hydrogen) atoms. The smallest absolute Gasteiger partial charge is 0.219 e. The van der Waals surface area contributed by atoms with Gasteiger partial charge in [-0.15, -0.1) is 0 Å². The summed E-state index contributed by atoms with van der Waals surface area (Å²) in [6, 6.07) is 7.13. The molecule has 0 bridgehead atoms. The van der Waals surface area contributed by atoms with Crippen molar-refractivity contribution in [1.29, 1.82) is 0 Å². The number of fused-ring (bicyclic) bond motifs is 1. The van der Waals surface area contributed by atoms with Gasteiger partial charge in [-0.2, -0.15) is 0 Å². The fraction of sp³-hybridized carbons (Fsp3) is 0.273. The maximum atomic E-state index is 11.7. The van der Waals surface area contributed by atoms with Gasteiger partial charge in [0.1, 0.15) is 0 Å². The second-order valence-corrected chi connectivity index (χ2v) is 3.68. The zero-order valence-corrected chi connectivity index (χ0v) is 8.19. The van der Waals surface area contributed by atoms with Crippen LogP contribution in [0.15, 0.2) is 24.3 Å². The molecule has 1 atom stereocenters. The molecular weight excluding hydrogens is 192 g/mol. The molecule has 3 N–H and O–H groups in total. The largest absolute Gasteiger partial charge is 0.381 e. The summed E-state index contributed by atoms with van der Waals surface area (Å²) in [7, 11) is 0. The molecule has 0 saturated carbocycles. The van der Waals surface area contributed by atoms with Crippen molar-refractivity contribution in [3.8, 4) is 0 Å². The van der Waals surface area contributed by atoms with Gasteiger partial charge in [0.2, 0.25) is 5.91 Å². The lowest BCUT2D eigenvalue weighted by molar-refractivity contribution is -0.118. The van der Waals surface area contributed by atoms with Crippen LogP contribution in [-0.2, 0) is 4.79 Å². The van der Waals surface area contributed by atoms with Gasteiger partial charge in [0.05, 0.1) is 0 Å². The lowest BCUT2D eigenvalue weighted by atomic mass is 9.95. The zero-order chi connectivity index (χ0) is 10.8. The standard InChI is InChI=1S/C11H12N2O2/c12-11(15)6-7-5-10(14)8-3-1-2-4-9(8)13-7/h1-4,7,13H,5-6H2,(H2,12,15)/t7-/m1/s1. The summed E-state index contributed by atoms with van der Waals surface area (Å²) in [4.78, 5) is 22.4. The molecule has 0 saturated heterocycles. The minimum atomic E-state index is -0.389.